The molecule has 1 aromatic heterocycles. The zero-order chi connectivity index (χ0) is 25.7. The van der Waals surface area contributed by atoms with Gasteiger partial charge in [0.25, 0.3) is 5.56 Å². The number of carbonyl (C=O) groups excluding carboxylic acids is 2. The van der Waals surface area contributed by atoms with E-state index in [-0.39, 0.29) is 48.9 Å². The highest BCUT2D eigenvalue weighted by molar-refractivity contribution is 6.01. The molecule has 0 radical (unpaired) electrons. The van der Waals surface area contributed by atoms with Gasteiger partial charge < -0.3 is 11.1 Å². The van der Waals surface area contributed by atoms with E-state index in [1.165, 1.54) is 4.57 Å². The molecule has 1 aliphatic rings. The normalized spacial score (nSPS) is 15.8. The molecular weight excluding hydrogens is 446 g/mol. The molecule has 3 rings (SSSR count). The van der Waals surface area contributed by atoms with Crippen molar-refractivity contribution in [3.63, 3.8) is 0 Å². The average Bonchev–Trinajstić information content (AvgIpc) is 2.83. The quantitative estimate of drug-likeness (QED) is 0.524. The van der Waals surface area contributed by atoms with Crippen LogP contribution in [-0.4, -0.2) is 51.4 Å². The van der Waals surface area contributed by atoms with E-state index in [1.54, 1.807) is 6.92 Å². The van der Waals surface area contributed by atoms with Gasteiger partial charge in [-0.2, -0.15) is 0 Å². The number of nitrogen functional groups attached to an aromatic ring is 1. The minimum atomic E-state index is -0.652. The number of Topliss-reactive ketones (excluding diaryl/α,β-unsaturated/α-hetero) is 1. The molecule has 2 aromatic rings. The van der Waals surface area contributed by atoms with Gasteiger partial charge in [0.1, 0.15) is 11.4 Å². The lowest BCUT2D eigenvalue weighted by molar-refractivity contribution is -0.127. The van der Waals surface area contributed by atoms with E-state index in [1.807, 2.05) is 42.2 Å². The number of aromatic nitrogens is 2. The van der Waals surface area contributed by atoms with Crippen molar-refractivity contribution >= 4 is 17.5 Å². The van der Waals surface area contributed by atoms with Crippen molar-refractivity contribution in [2.75, 3.05) is 25.4 Å². The Morgan fingerprint density at radius 1 is 1.06 bits per heavy atom. The number of carbonyl (C=O) groups is 2. The number of rotatable bonds is 9. The standard InChI is InChI=1S/C26H37N5O4/c1-5-30-25(34)22(23(27)31(26(30)35)15-19-9-7-6-8-10-19)21(32)16-29-13-11-20(12-14-29)24(33)28-18(4)17(2)3/h6-10,17-18,20H,5,11-16,27H2,1-4H3,(H,28,33). The Bertz CT molecular complexity index is 1160. The Balaban J connectivity index is 1.75. The van der Waals surface area contributed by atoms with Crippen LogP contribution in [0.3, 0.4) is 0 Å². The first kappa shape index (κ1) is 26.4. The monoisotopic (exact) mass is 483 g/mol. The lowest BCUT2D eigenvalue weighted by Gasteiger charge is -2.31. The van der Waals surface area contributed by atoms with Gasteiger partial charge in [-0.05, 0) is 51.3 Å². The molecule has 1 unspecified atom stereocenters. The summed E-state index contributed by atoms with van der Waals surface area (Å²) in [6, 6.07) is 9.40. The summed E-state index contributed by atoms with van der Waals surface area (Å²) in [5.74, 6) is -0.180. The number of anilines is 1. The fourth-order valence-corrected chi connectivity index (χ4v) is 4.32. The molecule has 1 saturated heterocycles. The van der Waals surface area contributed by atoms with Crippen LogP contribution in [0.25, 0.3) is 0 Å². The molecule has 1 atom stereocenters. The molecule has 9 nitrogen and oxygen atoms in total. The summed E-state index contributed by atoms with van der Waals surface area (Å²) in [5, 5.41) is 3.07. The number of nitrogens with one attached hydrogen (secondary N) is 1. The van der Waals surface area contributed by atoms with Crippen LogP contribution < -0.4 is 22.3 Å². The van der Waals surface area contributed by atoms with Crippen LogP contribution in [0.15, 0.2) is 39.9 Å². The van der Waals surface area contributed by atoms with Gasteiger partial charge in [0, 0.05) is 18.5 Å². The first-order valence-corrected chi connectivity index (χ1v) is 12.4. The van der Waals surface area contributed by atoms with Crippen LogP contribution in [-0.2, 0) is 17.9 Å². The second-order valence-corrected chi connectivity index (χ2v) is 9.68. The van der Waals surface area contributed by atoms with Crippen LogP contribution >= 0.6 is 0 Å². The molecular formula is C26H37N5O4. The van der Waals surface area contributed by atoms with Crippen LogP contribution in [0.4, 0.5) is 5.82 Å². The van der Waals surface area contributed by atoms with Crippen LogP contribution in [0.5, 0.6) is 0 Å². The Labute approximate surface area is 205 Å². The summed E-state index contributed by atoms with van der Waals surface area (Å²) >= 11 is 0. The highest BCUT2D eigenvalue weighted by atomic mass is 16.2. The number of benzene rings is 1. The van der Waals surface area contributed by atoms with Crippen molar-refractivity contribution in [3.05, 3.63) is 62.3 Å². The van der Waals surface area contributed by atoms with Gasteiger partial charge in [0.2, 0.25) is 5.91 Å². The fraction of sp³-hybridized carbons (Fsp3) is 0.538. The highest BCUT2D eigenvalue weighted by Gasteiger charge is 2.29. The predicted molar refractivity (Wildman–Crippen MR) is 137 cm³/mol. The van der Waals surface area contributed by atoms with Gasteiger partial charge in [-0.1, -0.05) is 44.2 Å². The van der Waals surface area contributed by atoms with E-state index >= 15 is 0 Å². The van der Waals surface area contributed by atoms with Crippen molar-refractivity contribution in [1.29, 1.82) is 0 Å². The maximum absolute atomic E-state index is 13.2. The molecule has 1 fully saturated rings. The van der Waals surface area contributed by atoms with Crippen molar-refractivity contribution in [1.82, 2.24) is 19.4 Å². The average molecular weight is 484 g/mol. The summed E-state index contributed by atoms with van der Waals surface area (Å²) in [4.78, 5) is 53.7. The second kappa shape index (κ2) is 11.5. The van der Waals surface area contributed by atoms with Gasteiger partial charge >= 0.3 is 5.69 Å². The van der Waals surface area contributed by atoms with Crippen LogP contribution in [0.2, 0.25) is 0 Å². The number of hydrogen-bond acceptors (Lipinski definition) is 6. The zero-order valence-corrected chi connectivity index (χ0v) is 21.1. The third-order valence-electron chi connectivity index (χ3n) is 6.94. The lowest BCUT2D eigenvalue weighted by Crippen LogP contribution is -2.47. The molecule has 0 spiro atoms. The van der Waals surface area contributed by atoms with E-state index < -0.39 is 17.0 Å². The Kier molecular flexibility index (Phi) is 8.67. The number of likely N-dealkylation sites (tertiary alicyclic amines) is 1. The second-order valence-electron chi connectivity index (χ2n) is 9.68. The maximum atomic E-state index is 13.2. The number of piperidine rings is 1. The minimum Gasteiger partial charge on any atom is -0.384 e. The van der Waals surface area contributed by atoms with Crippen molar-refractivity contribution in [2.45, 2.75) is 59.7 Å². The molecule has 2 heterocycles. The van der Waals surface area contributed by atoms with E-state index in [0.717, 1.165) is 10.1 Å². The molecule has 0 bridgehead atoms. The molecule has 0 aliphatic carbocycles. The molecule has 3 N–H and O–H groups in total. The molecule has 1 amide bonds. The molecule has 0 saturated carbocycles. The topological polar surface area (TPSA) is 119 Å². The van der Waals surface area contributed by atoms with E-state index in [0.29, 0.717) is 31.8 Å². The number of ketones is 1. The number of amides is 1. The van der Waals surface area contributed by atoms with Gasteiger partial charge in [-0.3, -0.25) is 28.4 Å². The summed E-state index contributed by atoms with van der Waals surface area (Å²) in [5.41, 5.74) is 5.77. The van der Waals surface area contributed by atoms with Crippen molar-refractivity contribution in [2.24, 2.45) is 11.8 Å². The maximum Gasteiger partial charge on any atom is 0.332 e. The molecule has 1 aliphatic heterocycles. The van der Waals surface area contributed by atoms with E-state index in [4.69, 9.17) is 5.73 Å². The molecule has 35 heavy (non-hydrogen) atoms. The van der Waals surface area contributed by atoms with Gasteiger partial charge in [0.15, 0.2) is 5.78 Å². The third-order valence-corrected chi connectivity index (χ3v) is 6.94. The van der Waals surface area contributed by atoms with Crippen LogP contribution in [0, 0.1) is 11.8 Å². The highest BCUT2D eigenvalue weighted by Crippen LogP contribution is 2.19. The van der Waals surface area contributed by atoms with Crippen LogP contribution in [0.1, 0.15) is 56.5 Å². The predicted octanol–water partition coefficient (Wildman–Crippen LogP) is 1.72. The molecule has 9 heteroatoms. The number of nitrogens with zero attached hydrogens (tertiary/aromatic N) is 3. The van der Waals surface area contributed by atoms with Gasteiger partial charge in [0.05, 0.1) is 13.1 Å². The molecule has 1 aromatic carbocycles. The Morgan fingerprint density at radius 2 is 1.69 bits per heavy atom. The smallest absolute Gasteiger partial charge is 0.332 e. The first-order chi connectivity index (χ1) is 16.6. The first-order valence-electron chi connectivity index (χ1n) is 12.4. The zero-order valence-electron chi connectivity index (χ0n) is 21.1. The van der Waals surface area contributed by atoms with Crippen molar-refractivity contribution in [3.8, 4) is 0 Å². The summed E-state index contributed by atoms with van der Waals surface area (Å²) in [6.45, 7) is 9.31. The van der Waals surface area contributed by atoms with E-state index in [2.05, 4.69) is 19.2 Å². The summed E-state index contributed by atoms with van der Waals surface area (Å²) < 4.78 is 2.35. The van der Waals surface area contributed by atoms with Gasteiger partial charge in [-0.15, -0.1) is 0 Å². The Morgan fingerprint density at radius 3 is 2.26 bits per heavy atom. The van der Waals surface area contributed by atoms with Crippen molar-refractivity contribution < 1.29 is 9.59 Å². The minimum absolute atomic E-state index is 0.0173. The van der Waals surface area contributed by atoms with E-state index in [9.17, 15) is 19.2 Å². The number of hydrogen-bond donors (Lipinski definition) is 2. The number of nitrogens with two attached hydrogens (primary N) is 1. The molecule has 190 valence electrons. The third kappa shape index (κ3) is 6.08. The van der Waals surface area contributed by atoms with Gasteiger partial charge in [-0.25, -0.2) is 4.79 Å². The lowest BCUT2D eigenvalue weighted by atomic mass is 9.94. The SMILES string of the molecule is CCn1c(=O)c(C(=O)CN2CCC(C(=O)NC(C)C(C)C)CC2)c(N)n(Cc2ccccc2)c1=O. The summed E-state index contributed by atoms with van der Waals surface area (Å²) in [6.07, 6.45) is 1.29. The summed E-state index contributed by atoms with van der Waals surface area (Å²) in [7, 11) is 0. The Hall–Kier alpha value is -3.20. The largest absolute Gasteiger partial charge is 0.384 e. The fourth-order valence-electron chi connectivity index (χ4n) is 4.32.